The van der Waals surface area contributed by atoms with E-state index in [9.17, 15) is 0 Å². The quantitative estimate of drug-likeness (QED) is 0.0716. The monoisotopic (exact) mass is 3030 g/mol. The van der Waals surface area contributed by atoms with Crippen molar-refractivity contribution in [3.8, 4) is 0 Å². The summed E-state index contributed by atoms with van der Waals surface area (Å²) >= 11 is 28.5. The van der Waals surface area contributed by atoms with E-state index < -0.39 is 0 Å². The summed E-state index contributed by atoms with van der Waals surface area (Å²) in [6, 6.07) is 0. The SMILES string of the molecule is C.C=O.C=O.C=S.C=S.CC.CC.CC.CC.CC.CC.CC.CC.CC.CC.CC.CC.CC.CC.CO.CS.CS.O=CO.O=CS.O=CS.S=CS.[Tb].[Tb].[Tb].[Tb].[Tb].[Tb].[Tb].[Tb].[Tb].[Tb].[Tb].[Tb].[Tb]. The van der Waals surface area contributed by atoms with Crippen molar-refractivity contribution in [1.82, 2.24) is 0 Å². The van der Waals surface area contributed by atoms with Crippen molar-refractivity contribution in [3.05, 3.63) is 0 Å². The average molecular weight is 3030 g/mol. The number of carbonyl (C=O) groups excluding carboxylic acids is 4. The van der Waals surface area contributed by atoms with Crippen LogP contribution in [0.4, 0.5) is 0 Å². The third-order valence-electron chi connectivity index (χ3n) is 0. The molecule has 0 heterocycles. The van der Waals surface area contributed by atoms with Gasteiger partial charge in [0.15, 0.2) is 11.2 Å². The first-order valence-electron chi connectivity index (χ1n) is 18.5. The minimum absolute atomic E-state index is 0. The van der Waals surface area contributed by atoms with E-state index in [1.165, 1.54) is 4.70 Å². The third kappa shape index (κ3) is 1960. The summed E-state index contributed by atoms with van der Waals surface area (Å²) < 4.78 is 1.28. The van der Waals surface area contributed by atoms with Gasteiger partial charge < -0.3 is 19.8 Å². The van der Waals surface area contributed by atoms with Gasteiger partial charge in [-0.05, 0) is 24.3 Å². The number of hydrogen-bond donors (Lipinski definition) is 7. The van der Waals surface area contributed by atoms with E-state index in [4.69, 9.17) is 34.2 Å². The van der Waals surface area contributed by atoms with Gasteiger partial charge in [-0.1, -0.05) is 238 Å². The predicted octanol–water partition coefficient (Wildman–Crippen LogP) is 17.4. The molecule has 0 spiro atoms. The molecule has 68 heavy (non-hydrogen) atoms. The molecule has 0 saturated carbocycles. The van der Waals surface area contributed by atoms with Crippen molar-refractivity contribution in [1.29, 1.82) is 0 Å². The zero-order chi connectivity index (χ0) is 52.8. The number of carboxylic acid groups (broad SMARTS) is 1. The van der Waals surface area contributed by atoms with Gasteiger partial charge in [0.25, 0.3) is 6.47 Å². The van der Waals surface area contributed by atoms with Gasteiger partial charge in [-0.15, -0.1) is 37.9 Å². The average Bonchev–Trinajstić information content (AvgIpc) is 3.36. The van der Waals surface area contributed by atoms with E-state index in [2.05, 4.69) is 112 Å². The van der Waals surface area contributed by atoms with Crippen LogP contribution in [0.2, 0.25) is 0 Å². The number of thiol groups is 5. The van der Waals surface area contributed by atoms with Crippen molar-refractivity contribution >= 4 is 148 Å². The molecule has 0 bridgehead atoms. The Labute approximate surface area is 880 Å². The fourth-order valence-corrected chi connectivity index (χ4v) is 0. The summed E-state index contributed by atoms with van der Waals surface area (Å²) in [5.74, 6) is 5.67. The van der Waals surface area contributed by atoms with Gasteiger partial charge in [0, 0.05) is 514 Å². The third-order valence-corrected chi connectivity index (χ3v) is 0. The molecule has 0 aromatic carbocycles. The van der Waals surface area contributed by atoms with Crippen LogP contribution >= 0.6 is 99.8 Å². The van der Waals surface area contributed by atoms with Gasteiger partial charge in [0.2, 0.25) is 0 Å². The molecule has 0 fully saturated rings. The second kappa shape index (κ2) is 1320. The summed E-state index contributed by atoms with van der Waals surface area (Å²) in [5.41, 5.74) is 0.889. The molecule has 0 rings (SSSR count). The van der Waals surface area contributed by atoms with Crippen molar-refractivity contribution in [2.75, 3.05) is 19.6 Å². The first-order valence-corrected chi connectivity index (χ1v) is 23.4. The molecule has 7 nitrogen and oxygen atoms in total. The summed E-state index contributed by atoms with van der Waals surface area (Å²) in [5, 5.41) is 13.9. The molecule has 0 aromatic heterocycles. The fraction of sp³-hybridized carbons (Fsp3) is 0.800. The van der Waals surface area contributed by atoms with Crippen molar-refractivity contribution in [3.63, 3.8) is 0 Å². The smallest absolute Gasteiger partial charge is 0.290 e. The number of aliphatic hydroxyl groups is 1. The number of thiocarbonyl (C=S) groups is 3. The van der Waals surface area contributed by atoms with E-state index in [0.717, 1.165) is 7.11 Å². The molecule has 2 N–H and O–H groups in total. The second-order valence-corrected chi connectivity index (χ2v) is 1.69. The van der Waals surface area contributed by atoms with E-state index in [0.29, 0.717) is 11.2 Å². The molecule has 0 aliphatic carbocycles. The molecule has 0 aliphatic rings. The van der Waals surface area contributed by atoms with Crippen molar-refractivity contribution in [2.24, 2.45) is 0 Å². The van der Waals surface area contributed by atoms with Crippen LogP contribution in [0.3, 0.4) is 0 Å². The largest absolute Gasteiger partial charge is 0.483 e. The first-order chi connectivity index (χ1) is 26.7. The molecule has 28 heteroatoms. The number of aliphatic hydroxyl groups excluding tert-OH is 1. The van der Waals surface area contributed by atoms with Gasteiger partial charge >= 0.3 is 0 Å². The Morgan fingerprint density at radius 1 is 0.309 bits per heavy atom. The minimum Gasteiger partial charge on any atom is -0.483 e. The van der Waals surface area contributed by atoms with Crippen LogP contribution in [0.25, 0.3) is 0 Å². The second-order valence-electron chi connectivity index (χ2n) is 0.422. The Morgan fingerprint density at radius 2 is 0.309 bits per heavy atom. The van der Waals surface area contributed by atoms with Crippen LogP contribution in [-0.4, -0.2) is 77.6 Å². The number of rotatable bonds is 0. The maximum atomic E-state index is 8.67. The van der Waals surface area contributed by atoms with Crippen LogP contribution in [0, 0.1) is 502 Å². The normalized spacial score (nSPS) is 2.49. The van der Waals surface area contributed by atoms with E-state index in [1.807, 2.05) is 207 Å². The van der Waals surface area contributed by atoms with Gasteiger partial charge in [-0.3, -0.25) is 14.4 Å². The van der Waals surface area contributed by atoms with E-state index >= 15 is 0 Å². The van der Waals surface area contributed by atoms with Crippen LogP contribution in [0.15, 0.2) is 0 Å². The van der Waals surface area contributed by atoms with E-state index in [-0.39, 0.29) is 516 Å². The minimum atomic E-state index is -0.250. The maximum absolute atomic E-state index is 8.67. The Bertz CT molecular complexity index is 197. The molecule has 0 atom stereocenters. The Morgan fingerprint density at radius 3 is 0.309 bits per heavy atom. The Kier molecular flexibility index (Phi) is 5530. The topological polar surface area (TPSA) is 126 Å². The van der Waals surface area contributed by atoms with E-state index in [1.54, 1.807) is 12.5 Å². The van der Waals surface area contributed by atoms with Crippen LogP contribution in [0.5, 0.6) is 0 Å². The van der Waals surface area contributed by atoms with Crippen molar-refractivity contribution in [2.45, 2.75) is 201 Å². The molecule has 483 valence electrons. The zero-order valence-corrected chi connectivity index (χ0v) is 81.6. The molecular formula is C40H116O7S8Tb13. The van der Waals surface area contributed by atoms with Crippen LogP contribution < -0.4 is 0 Å². The summed E-state index contributed by atoms with van der Waals surface area (Å²) in [7, 11) is 1.00. The molecule has 13 radical (unpaired) electrons. The van der Waals surface area contributed by atoms with Crippen LogP contribution in [0.1, 0.15) is 201 Å². The standard InChI is InChI=1S/14C2H6.CH2O2.2CH2OS.CH4O.2CH2O.CH2S2.2CH4S.2CH2S.CH4.13Tb/c14*1-2;3*2-1-3;3*1-2;2-1-3;4*1-2;;;;;;;;;;;;;;/h14*1-2H3;3*1H,(H,2,3);2H,1H3;2*1H2;1H,(H,2,3);2*2H,1H3;2*1H2;1H4;;;;;;;;;;;;;. The van der Waals surface area contributed by atoms with Gasteiger partial charge in [-0.25, -0.2) is 0 Å². The van der Waals surface area contributed by atoms with Gasteiger partial charge in [-0.2, -0.15) is 25.3 Å². The molecule has 0 saturated heterocycles. The first kappa shape index (κ1) is 284. The summed E-state index contributed by atoms with van der Waals surface area (Å²) in [6.07, 6.45) is 3.39. The summed E-state index contributed by atoms with van der Waals surface area (Å²) in [4.78, 5) is 41.7. The van der Waals surface area contributed by atoms with Gasteiger partial charge in [0.05, 0.1) is 0 Å². The molecule has 0 amide bonds. The maximum Gasteiger partial charge on any atom is 0.290 e. The number of hydrogen-bond acceptors (Lipinski definition) is 11. The molecule has 0 aromatic rings. The Hall–Kier alpha value is 16.8. The molecular weight excluding hydrogens is 2910 g/mol. The Balaban J connectivity index is -0.00000000346. The number of carbonyl (C=O) groups is 5. The predicted molar refractivity (Wildman–Crippen MR) is 310 cm³/mol. The van der Waals surface area contributed by atoms with Crippen LogP contribution in [-0.2, 0) is 24.0 Å². The molecule has 0 aliphatic heterocycles. The molecule has 0 unspecified atom stereocenters. The zero-order valence-electron chi connectivity index (χ0n) is 46.9. The summed E-state index contributed by atoms with van der Waals surface area (Å²) in [6.45, 7) is 59.8. The fourth-order valence-electron chi connectivity index (χ4n) is 0. The van der Waals surface area contributed by atoms with Gasteiger partial charge in [0.1, 0.15) is 13.6 Å². The van der Waals surface area contributed by atoms with Crippen molar-refractivity contribution < 1.29 is 536 Å².